The molecular formula is C23H32N2O9. The zero-order valence-electron chi connectivity index (χ0n) is 19.8. The van der Waals surface area contributed by atoms with Crippen molar-refractivity contribution in [3.63, 3.8) is 0 Å². The maximum absolute atomic E-state index is 11.8. The summed E-state index contributed by atoms with van der Waals surface area (Å²) in [7, 11) is 2.62. The molecule has 0 saturated carbocycles. The fourth-order valence-corrected chi connectivity index (χ4v) is 3.93. The Hall–Kier alpha value is -2.70. The van der Waals surface area contributed by atoms with Crippen molar-refractivity contribution in [2.45, 2.75) is 63.4 Å². The second kappa shape index (κ2) is 10.3. The molecule has 4 N–H and O–H groups in total. The van der Waals surface area contributed by atoms with Crippen molar-refractivity contribution in [1.29, 1.82) is 0 Å². The molecule has 0 aliphatic carbocycles. The van der Waals surface area contributed by atoms with Gasteiger partial charge in [-0.25, -0.2) is 4.79 Å². The number of methoxy groups -OCH3 is 2. The van der Waals surface area contributed by atoms with Crippen LogP contribution in [0.4, 0.5) is 0 Å². The van der Waals surface area contributed by atoms with Crippen molar-refractivity contribution in [3.8, 4) is 11.6 Å². The second-order valence-corrected chi connectivity index (χ2v) is 8.57. The number of benzene rings is 1. The van der Waals surface area contributed by atoms with E-state index in [4.69, 9.17) is 14.2 Å². The van der Waals surface area contributed by atoms with Crippen LogP contribution < -0.4 is 9.47 Å². The van der Waals surface area contributed by atoms with E-state index in [0.717, 1.165) is 29.7 Å². The molecule has 2 heterocycles. The lowest BCUT2D eigenvalue weighted by Crippen LogP contribution is -2.67. The molecule has 3 rings (SSSR count). The fourth-order valence-electron chi connectivity index (χ4n) is 3.93. The Morgan fingerprint density at radius 3 is 2.47 bits per heavy atom. The molecule has 34 heavy (non-hydrogen) atoms. The van der Waals surface area contributed by atoms with E-state index >= 15 is 0 Å². The van der Waals surface area contributed by atoms with Crippen LogP contribution in [0.3, 0.4) is 0 Å². The average molecular weight is 481 g/mol. The predicted octanol–water partition coefficient (Wildman–Crippen LogP) is 0.0937. The van der Waals surface area contributed by atoms with Crippen LogP contribution in [0.15, 0.2) is 24.3 Å². The lowest BCUT2D eigenvalue weighted by atomic mass is 9.87. The van der Waals surface area contributed by atoms with Gasteiger partial charge in [0.05, 0.1) is 20.8 Å². The number of rotatable bonds is 8. The number of nitrogens with zero attached hydrogens (tertiary/aromatic N) is 2. The molecular weight excluding hydrogens is 448 g/mol. The molecule has 1 aliphatic rings. The Labute approximate surface area is 197 Å². The van der Waals surface area contributed by atoms with Crippen LogP contribution in [0.5, 0.6) is 11.6 Å². The number of aliphatic hydroxyl groups excluding tert-OH is 3. The van der Waals surface area contributed by atoms with Gasteiger partial charge < -0.3 is 39.4 Å². The molecule has 1 aromatic heterocycles. The maximum Gasteiger partial charge on any atom is 0.343 e. The van der Waals surface area contributed by atoms with E-state index in [1.807, 2.05) is 45.0 Å². The summed E-state index contributed by atoms with van der Waals surface area (Å²) in [5.74, 6) is -0.311. The quantitative estimate of drug-likeness (QED) is 0.302. The standard InChI is InChI=1S/C23H32N2O9/c1-12(2)25-13(3)16(10-14-6-8-15(31-4)9-7-14)20(24-25)34-21(28)18-17(26)19(27)23(30,11-33-18)22(29)32-5/h6-9,12,17-19,21,26-28,30H,10-11H2,1-5H3/t17-,18+,19+,21?,23+/m1/s1. The molecule has 11 heteroatoms. The summed E-state index contributed by atoms with van der Waals surface area (Å²) in [5.41, 5.74) is 0.0341. The molecule has 2 aromatic rings. The topological polar surface area (TPSA) is 153 Å². The van der Waals surface area contributed by atoms with Crippen LogP contribution in [0.1, 0.15) is 36.7 Å². The van der Waals surface area contributed by atoms with Crippen LogP contribution in [0, 0.1) is 6.92 Å². The molecule has 1 fully saturated rings. The van der Waals surface area contributed by atoms with Crippen molar-refractivity contribution in [3.05, 3.63) is 41.1 Å². The zero-order valence-corrected chi connectivity index (χ0v) is 19.8. The molecule has 188 valence electrons. The Morgan fingerprint density at radius 1 is 1.26 bits per heavy atom. The van der Waals surface area contributed by atoms with Crippen LogP contribution >= 0.6 is 0 Å². The highest BCUT2D eigenvalue weighted by Gasteiger charge is 2.56. The summed E-state index contributed by atoms with van der Waals surface area (Å²) in [6.45, 7) is 5.09. The third-order valence-corrected chi connectivity index (χ3v) is 5.96. The van der Waals surface area contributed by atoms with E-state index in [0.29, 0.717) is 6.42 Å². The minimum atomic E-state index is -2.47. The van der Waals surface area contributed by atoms with Gasteiger partial charge in [-0.1, -0.05) is 12.1 Å². The smallest absolute Gasteiger partial charge is 0.343 e. The van der Waals surface area contributed by atoms with Crippen LogP contribution in [-0.2, 0) is 20.7 Å². The number of aromatic nitrogens is 2. The Bertz CT molecular complexity index is 991. The Morgan fingerprint density at radius 2 is 1.91 bits per heavy atom. The summed E-state index contributed by atoms with van der Waals surface area (Å²) in [6.07, 6.45) is -6.57. The minimum absolute atomic E-state index is 0.0116. The minimum Gasteiger partial charge on any atom is -0.497 e. The van der Waals surface area contributed by atoms with Crippen molar-refractivity contribution in [2.75, 3.05) is 20.8 Å². The number of esters is 1. The normalized spacial score (nSPS) is 25.8. The molecule has 1 aliphatic heterocycles. The van der Waals surface area contributed by atoms with Crippen molar-refractivity contribution in [2.24, 2.45) is 0 Å². The summed E-state index contributed by atoms with van der Waals surface area (Å²) < 4.78 is 22.4. The molecule has 1 unspecified atom stereocenters. The molecule has 0 spiro atoms. The first kappa shape index (κ1) is 25.9. The first-order valence-corrected chi connectivity index (χ1v) is 10.9. The van der Waals surface area contributed by atoms with Crippen LogP contribution in [0.2, 0.25) is 0 Å². The third-order valence-electron chi connectivity index (χ3n) is 5.96. The predicted molar refractivity (Wildman–Crippen MR) is 119 cm³/mol. The molecule has 5 atom stereocenters. The molecule has 0 bridgehead atoms. The number of ether oxygens (including phenoxy) is 4. The van der Waals surface area contributed by atoms with Gasteiger partial charge in [0.15, 0.2) is 0 Å². The average Bonchev–Trinajstić information content (AvgIpc) is 3.12. The van der Waals surface area contributed by atoms with Gasteiger partial charge in [-0.3, -0.25) is 4.68 Å². The monoisotopic (exact) mass is 480 g/mol. The van der Waals surface area contributed by atoms with E-state index in [-0.39, 0.29) is 11.9 Å². The van der Waals surface area contributed by atoms with E-state index < -0.39 is 42.8 Å². The second-order valence-electron chi connectivity index (χ2n) is 8.57. The highest BCUT2D eigenvalue weighted by Crippen LogP contribution is 2.31. The number of hydrogen-bond donors (Lipinski definition) is 4. The number of hydrogen-bond acceptors (Lipinski definition) is 10. The van der Waals surface area contributed by atoms with Gasteiger partial charge in [0.2, 0.25) is 17.8 Å². The first-order valence-electron chi connectivity index (χ1n) is 10.9. The largest absolute Gasteiger partial charge is 0.497 e. The highest BCUT2D eigenvalue weighted by molar-refractivity contribution is 5.80. The van der Waals surface area contributed by atoms with Crippen LogP contribution in [-0.4, -0.2) is 87.2 Å². The summed E-state index contributed by atoms with van der Waals surface area (Å²) in [5, 5.41) is 46.3. The summed E-state index contributed by atoms with van der Waals surface area (Å²) in [4.78, 5) is 11.8. The van der Waals surface area contributed by atoms with Gasteiger partial charge in [-0.15, -0.1) is 5.10 Å². The van der Waals surface area contributed by atoms with Crippen molar-refractivity contribution in [1.82, 2.24) is 9.78 Å². The highest BCUT2D eigenvalue weighted by atomic mass is 16.6. The fraction of sp³-hybridized carbons (Fsp3) is 0.565. The Kier molecular flexibility index (Phi) is 7.84. The summed E-state index contributed by atoms with van der Waals surface area (Å²) in [6, 6.07) is 7.50. The first-order chi connectivity index (χ1) is 16.0. The van der Waals surface area contributed by atoms with Gasteiger partial charge in [0.25, 0.3) is 0 Å². The van der Waals surface area contributed by atoms with E-state index in [1.165, 1.54) is 0 Å². The SMILES string of the molecule is COC(=O)[C@]1(O)CO[C@H](C(O)Oc2nn(C(C)C)c(C)c2Cc2ccc(OC)cc2)[C@@H](O)[C@@H]1O. The van der Waals surface area contributed by atoms with E-state index in [1.54, 1.807) is 11.8 Å². The molecule has 1 saturated heterocycles. The number of carbonyl (C=O) groups is 1. The Balaban J connectivity index is 1.84. The van der Waals surface area contributed by atoms with E-state index in [9.17, 15) is 25.2 Å². The lowest BCUT2D eigenvalue weighted by molar-refractivity contribution is -0.272. The maximum atomic E-state index is 11.8. The number of aliphatic hydroxyl groups is 4. The van der Waals surface area contributed by atoms with E-state index in [2.05, 4.69) is 9.84 Å². The van der Waals surface area contributed by atoms with Gasteiger partial charge in [0, 0.05) is 23.7 Å². The molecule has 0 radical (unpaired) electrons. The van der Waals surface area contributed by atoms with Gasteiger partial charge in [-0.2, -0.15) is 0 Å². The van der Waals surface area contributed by atoms with Crippen molar-refractivity contribution < 1.29 is 44.2 Å². The third kappa shape index (κ3) is 4.89. The summed E-state index contributed by atoms with van der Waals surface area (Å²) >= 11 is 0. The molecule has 1 aromatic carbocycles. The lowest BCUT2D eigenvalue weighted by Gasteiger charge is -2.42. The van der Waals surface area contributed by atoms with Gasteiger partial charge in [-0.05, 0) is 38.5 Å². The number of carbonyl (C=O) groups excluding carboxylic acids is 1. The molecule has 11 nitrogen and oxygen atoms in total. The van der Waals surface area contributed by atoms with Gasteiger partial charge in [0.1, 0.15) is 24.1 Å². The zero-order chi connectivity index (χ0) is 25.2. The van der Waals surface area contributed by atoms with Crippen molar-refractivity contribution >= 4 is 5.97 Å². The van der Waals surface area contributed by atoms with Crippen LogP contribution in [0.25, 0.3) is 0 Å². The van der Waals surface area contributed by atoms with Gasteiger partial charge >= 0.3 is 5.97 Å². The molecule has 0 amide bonds.